The van der Waals surface area contributed by atoms with E-state index in [1.807, 2.05) is 19.1 Å². The average Bonchev–Trinajstić information content (AvgIpc) is 2.88. The van der Waals surface area contributed by atoms with Gasteiger partial charge in [-0.25, -0.2) is 9.79 Å². The summed E-state index contributed by atoms with van der Waals surface area (Å²) < 4.78 is 4.75. The van der Waals surface area contributed by atoms with Gasteiger partial charge in [-0.3, -0.25) is 0 Å². The third-order valence-corrected chi connectivity index (χ3v) is 5.46. The van der Waals surface area contributed by atoms with E-state index in [-0.39, 0.29) is 5.97 Å². The van der Waals surface area contributed by atoms with Crippen molar-refractivity contribution in [3.05, 3.63) is 29.3 Å². The monoisotopic (exact) mass is 320 g/mol. The Morgan fingerprint density at radius 3 is 2.86 bits per heavy atom. The number of carbonyl (C=O) groups is 1. The molecule has 0 aliphatic carbocycles. The van der Waals surface area contributed by atoms with Gasteiger partial charge >= 0.3 is 5.97 Å². The van der Waals surface area contributed by atoms with Gasteiger partial charge in [0.15, 0.2) is 5.17 Å². The molecule has 2 atom stereocenters. The molecule has 1 fully saturated rings. The SMILES string of the molecule is CCC(C)C1CSC(=Nc2ccc(C(=O)OC)cc2C)N1C. The predicted molar refractivity (Wildman–Crippen MR) is 93.1 cm³/mol. The smallest absolute Gasteiger partial charge is 0.337 e. The zero-order chi connectivity index (χ0) is 16.3. The number of rotatable bonds is 4. The summed E-state index contributed by atoms with van der Waals surface area (Å²) in [5, 5.41) is 1.05. The van der Waals surface area contributed by atoms with E-state index >= 15 is 0 Å². The molecule has 0 bridgehead atoms. The van der Waals surface area contributed by atoms with Crippen LogP contribution in [0.1, 0.15) is 36.2 Å². The molecule has 1 aliphatic heterocycles. The quantitative estimate of drug-likeness (QED) is 0.790. The highest BCUT2D eigenvalue weighted by molar-refractivity contribution is 8.14. The highest BCUT2D eigenvalue weighted by atomic mass is 32.2. The van der Waals surface area contributed by atoms with Crippen molar-refractivity contribution in [3.63, 3.8) is 0 Å². The summed E-state index contributed by atoms with van der Waals surface area (Å²) in [5.74, 6) is 1.43. The van der Waals surface area contributed by atoms with Crippen molar-refractivity contribution < 1.29 is 9.53 Å². The van der Waals surface area contributed by atoms with Crippen LogP contribution in [0.5, 0.6) is 0 Å². The van der Waals surface area contributed by atoms with E-state index in [1.54, 1.807) is 17.8 Å². The lowest BCUT2D eigenvalue weighted by Crippen LogP contribution is -2.34. The van der Waals surface area contributed by atoms with Gasteiger partial charge in [-0.15, -0.1) is 0 Å². The molecule has 1 aliphatic rings. The van der Waals surface area contributed by atoms with Gasteiger partial charge < -0.3 is 9.64 Å². The first-order valence-electron chi connectivity index (χ1n) is 7.61. The Morgan fingerprint density at radius 1 is 1.55 bits per heavy atom. The summed E-state index contributed by atoms with van der Waals surface area (Å²) >= 11 is 1.81. The van der Waals surface area contributed by atoms with Crippen LogP contribution < -0.4 is 0 Å². The third-order valence-electron chi connectivity index (χ3n) is 4.32. The van der Waals surface area contributed by atoms with E-state index in [2.05, 4.69) is 25.8 Å². The molecule has 0 radical (unpaired) electrons. The maximum atomic E-state index is 11.6. The number of aryl methyl sites for hydroxylation is 1. The first kappa shape index (κ1) is 16.9. The molecule has 0 N–H and O–H groups in total. The number of hydrogen-bond acceptors (Lipinski definition) is 4. The fraction of sp³-hybridized carbons (Fsp3) is 0.529. The van der Waals surface area contributed by atoms with Gasteiger partial charge in [-0.1, -0.05) is 32.0 Å². The number of benzene rings is 1. The van der Waals surface area contributed by atoms with Gasteiger partial charge in [0.05, 0.1) is 18.4 Å². The largest absolute Gasteiger partial charge is 0.465 e. The van der Waals surface area contributed by atoms with Crippen molar-refractivity contribution >= 4 is 28.6 Å². The molecule has 22 heavy (non-hydrogen) atoms. The molecule has 2 unspecified atom stereocenters. The Hall–Kier alpha value is -1.49. The molecule has 0 aromatic heterocycles. The van der Waals surface area contributed by atoms with E-state index in [0.717, 1.165) is 22.2 Å². The van der Waals surface area contributed by atoms with Crippen LogP contribution >= 0.6 is 11.8 Å². The second-order valence-electron chi connectivity index (χ2n) is 5.76. The first-order chi connectivity index (χ1) is 10.5. The lowest BCUT2D eigenvalue weighted by Gasteiger charge is -2.25. The van der Waals surface area contributed by atoms with Gasteiger partial charge in [0.2, 0.25) is 0 Å². The van der Waals surface area contributed by atoms with Crippen LogP contribution in [-0.2, 0) is 4.74 Å². The summed E-state index contributed by atoms with van der Waals surface area (Å²) in [4.78, 5) is 18.6. The molecule has 1 aromatic rings. The Balaban J connectivity index is 2.21. The number of hydrogen-bond donors (Lipinski definition) is 0. The van der Waals surface area contributed by atoms with Gasteiger partial charge in [-0.05, 0) is 36.6 Å². The highest BCUT2D eigenvalue weighted by Crippen LogP contribution is 2.31. The normalized spacial score (nSPS) is 21.2. The predicted octanol–water partition coefficient (Wildman–Crippen LogP) is 3.86. The van der Waals surface area contributed by atoms with Crippen molar-refractivity contribution in [2.75, 3.05) is 19.9 Å². The maximum Gasteiger partial charge on any atom is 0.337 e. The zero-order valence-corrected chi connectivity index (χ0v) is 14.7. The Bertz CT molecular complexity index is 586. The summed E-state index contributed by atoms with van der Waals surface area (Å²) in [5.41, 5.74) is 2.46. The topological polar surface area (TPSA) is 41.9 Å². The number of ether oxygens (including phenoxy) is 1. The molecule has 2 rings (SSSR count). The van der Waals surface area contributed by atoms with Crippen LogP contribution in [0.15, 0.2) is 23.2 Å². The van der Waals surface area contributed by atoms with Crippen molar-refractivity contribution in [1.82, 2.24) is 4.90 Å². The number of aliphatic imine (C=N–C) groups is 1. The standard InChI is InChI=1S/C17H24N2O2S/c1-6-11(2)15-10-22-17(19(15)4)18-14-8-7-13(9-12(14)3)16(20)21-5/h7-9,11,15H,6,10H2,1-5H3. The lowest BCUT2D eigenvalue weighted by atomic mass is 10.0. The Kier molecular flexibility index (Phi) is 5.51. The van der Waals surface area contributed by atoms with Crippen LogP contribution in [0.2, 0.25) is 0 Å². The fourth-order valence-electron chi connectivity index (χ4n) is 2.57. The minimum Gasteiger partial charge on any atom is -0.465 e. The minimum atomic E-state index is -0.313. The lowest BCUT2D eigenvalue weighted by molar-refractivity contribution is 0.0600. The van der Waals surface area contributed by atoms with E-state index in [0.29, 0.717) is 17.5 Å². The fourth-order valence-corrected chi connectivity index (χ4v) is 3.95. The van der Waals surface area contributed by atoms with Crippen LogP contribution in [-0.4, -0.2) is 42.0 Å². The minimum absolute atomic E-state index is 0.313. The van der Waals surface area contributed by atoms with E-state index in [4.69, 9.17) is 9.73 Å². The van der Waals surface area contributed by atoms with Crippen LogP contribution in [0.3, 0.4) is 0 Å². The van der Waals surface area contributed by atoms with Crippen molar-refractivity contribution in [2.24, 2.45) is 10.9 Å². The second-order valence-corrected chi connectivity index (χ2v) is 6.75. The third kappa shape index (κ3) is 3.46. The second kappa shape index (κ2) is 7.18. The summed E-state index contributed by atoms with van der Waals surface area (Å²) in [7, 11) is 3.51. The molecule has 1 aromatic carbocycles. The van der Waals surface area contributed by atoms with Gasteiger partial charge in [0.1, 0.15) is 0 Å². The molecule has 5 heteroatoms. The van der Waals surface area contributed by atoms with Crippen molar-refractivity contribution in [1.29, 1.82) is 0 Å². The van der Waals surface area contributed by atoms with E-state index < -0.39 is 0 Å². The summed E-state index contributed by atoms with van der Waals surface area (Å²) in [6, 6.07) is 6.03. The molecular formula is C17H24N2O2S. The Morgan fingerprint density at radius 2 is 2.27 bits per heavy atom. The maximum absolute atomic E-state index is 11.6. The molecule has 0 amide bonds. The molecule has 0 spiro atoms. The van der Waals surface area contributed by atoms with Crippen LogP contribution in [0.4, 0.5) is 5.69 Å². The molecular weight excluding hydrogens is 296 g/mol. The van der Waals surface area contributed by atoms with Crippen LogP contribution in [0.25, 0.3) is 0 Å². The van der Waals surface area contributed by atoms with Crippen molar-refractivity contribution in [3.8, 4) is 0 Å². The summed E-state index contributed by atoms with van der Waals surface area (Å²) in [6.07, 6.45) is 1.18. The van der Waals surface area contributed by atoms with Gasteiger partial charge in [0.25, 0.3) is 0 Å². The zero-order valence-electron chi connectivity index (χ0n) is 13.9. The van der Waals surface area contributed by atoms with Crippen LogP contribution in [0, 0.1) is 12.8 Å². The van der Waals surface area contributed by atoms with Crippen molar-refractivity contribution in [2.45, 2.75) is 33.2 Å². The van der Waals surface area contributed by atoms with Gasteiger partial charge in [0, 0.05) is 18.8 Å². The number of thioether (sulfide) groups is 1. The number of nitrogens with zero attached hydrogens (tertiary/aromatic N) is 2. The van der Waals surface area contributed by atoms with E-state index in [1.165, 1.54) is 13.5 Å². The summed E-state index contributed by atoms with van der Waals surface area (Å²) in [6.45, 7) is 6.49. The number of methoxy groups -OCH3 is 1. The number of carbonyl (C=O) groups excluding carboxylic acids is 1. The Labute approximate surface area is 136 Å². The van der Waals surface area contributed by atoms with E-state index in [9.17, 15) is 4.79 Å². The molecule has 0 saturated carbocycles. The molecule has 120 valence electrons. The number of esters is 1. The first-order valence-corrected chi connectivity index (χ1v) is 8.59. The molecule has 4 nitrogen and oxygen atoms in total. The average molecular weight is 320 g/mol. The highest BCUT2D eigenvalue weighted by Gasteiger charge is 2.30. The molecule has 1 heterocycles. The van der Waals surface area contributed by atoms with Gasteiger partial charge in [-0.2, -0.15) is 0 Å². The number of amidine groups is 1. The molecule has 1 saturated heterocycles.